The molecule has 0 nitrogen and oxygen atoms in total. The summed E-state index contributed by atoms with van der Waals surface area (Å²) in [6.07, 6.45) is 27.9. The fourth-order valence-electron chi connectivity index (χ4n) is 7.31. The molecular formula is C31H48P2. The van der Waals surface area contributed by atoms with Crippen LogP contribution < -0.4 is 0 Å². The van der Waals surface area contributed by atoms with Gasteiger partial charge in [-0.25, -0.2) is 0 Å². The van der Waals surface area contributed by atoms with Crippen LogP contribution in [-0.4, -0.2) is 17.5 Å². The fraction of sp³-hybridized carbons (Fsp3) is 0.677. The number of hydrogen-bond donors (Lipinski definition) is 0. The van der Waals surface area contributed by atoms with Crippen LogP contribution in [0.15, 0.2) is 53.9 Å². The maximum Gasteiger partial charge on any atom is 0.0300 e. The van der Waals surface area contributed by atoms with Gasteiger partial charge in [0.15, 0.2) is 0 Å². The molecule has 2 fully saturated rings. The van der Waals surface area contributed by atoms with Crippen LogP contribution in [0.1, 0.15) is 109 Å². The highest BCUT2D eigenvalue weighted by Crippen LogP contribution is 2.97. The maximum atomic E-state index is 2.65. The van der Waals surface area contributed by atoms with E-state index in [1.54, 1.807) is 5.56 Å². The van der Waals surface area contributed by atoms with E-state index in [1.165, 1.54) is 89.4 Å². The first-order chi connectivity index (χ1) is 16.3. The van der Waals surface area contributed by atoms with Gasteiger partial charge in [-0.05, 0) is 60.2 Å². The summed E-state index contributed by atoms with van der Waals surface area (Å²) in [5, 5.41) is 2.54. The molecule has 1 saturated heterocycles. The molecule has 6 unspecified atom stereocenters. The summed E-state index contributed by atoms with van der Waals surface area (Å²) in [4.78, 5) is 0. The molecule has 0 N–H and O–H groups in total. The number of rotatable bonds is 14. The van der Waals surface area contributed by atoms with Crippen molar-refractivity contribution in [3.63, 3.8) is 0 Å². The number of unbranched alkanes of at least 4 members (excludes halogenated alkanes) is 8. The standard InChI is InChI=1S/C31H48P2/c1-4-7-9-11-12-16-22-29-28(26-19-14-13-15-20-26)25-27-21-18-23-30-31(27,29)33(6-3)32(30)24-17-10-8-5-2/h13-15,18-21,23,27-29H,4-12,16-17,22,24-25H2,1-3H3. The molecule has 182 valence electrons. The first kappa shape index (κ1) is 25.6. The Morgan fingerprint density at radius 3 is 2.27 bits per heavy atom. The van der Waals surface area contributed by atoms with Crippen molar-refractivity contribution >= 4 is 15.2 Å². The van der Waals surface area contributed by atoms with Gasteiger partial charge in [-0.2, -0.15) is 0 Å². The second-order valence-electron chi connectivity index (χ2n) is 10.7. The van der Waals surface area contributed by atoms with Crippen LogP contribution in [0.2, 0.25) is 0 Å². The molecule has 3 aliphatic rings. The maximum absolute atomic E-state index is 2.65. The van der Waals surface area contributed by atoms with Crippen molar-refractivity contribution in [2.45, 2.75) is 109 Å². The summed E-state index contributed by atoms with van der Waals surface area (Å²) >= 11 is 0. The van der Waals surface area contributed by atoms with Gasteiger partial charge in [-0.15, -0.1) is 0 Å². The lowest BCUT2D eigenvalue weighted by Gasteiger charge is -2.63. The van der Waals surface area contributed by atoms with Crippen LogP contribution in [0.3, 0.4) is 0 Å². The predicted molar refractivity (Wildman–Crippen MR) is 152 cm³/mol. The first-order valence-electron chi connectivity index (χ1n) is 14.3. The van der Waals surface area contributed by atoms with E-state index in [0.29, 0.717) is 5.16 Å². The fourth-order valence-corrected chi connectivity index (χ4v) is 18.5. The molecule has 0 bridgehead atoms. The van der Waals surface area contributed by atoms with Crippen LogP contribution in [0.4, 0.5) is 0 Å². The van der Waals surface area contributed by atoms with Gasteiger partial charge in [0.05, 0.1) is 0 Å². The summed E-state index contributed by atoms with van der Waals surface area (Å²) < 4.78 is 0. The smallest absolute Gasteiger partial charge is 0.0300 e. The Kier molecular flexibility index (Phi) is 9.71. The summed E-state index contributed by atoms with van der Waals surface area (Å²) in [7, 11) is 0.317. The molecule has 2 heteroatoms. The van der Waals surface area contributed by atoms with Crippen molar-refractivity contribution < 1.29 is 0 Å². The van der Waals surface area contributed by atoms with Gasteiger partial charge in [-0.3, -0.25) is 0 Å². The summed E-state index contributed by atoms with van der Waals surface area (Å²) in [5.41, 5.74) is 1.63. The molecule has 4 rings (SSSR count). The lowest BCUT2D eigenvalue weighted by atomic mass is 9.78. The van der Waals surface area contributed by atoms with Crippen molar-refractivity contribution in [1.29, 1.82) is 0 Å². The van der Waals surface area contributed by atoms with Crippen molar-refractivity contribution in [3.8, 4) is 0 Å². The second kappa shape index (κ2) is 12.5. The Morgan fingerprint density at radius 1 is 0.848 bits per heavy atom. The van der Waals surface area contributed by atoms with Gasteiger partial charge < -0.3 is 0 Å². The van der Waals surface area contributed by atoms with Gasteiger partial charge in [0.2, 0.25) is 0 Å². The highest BCUT2D eigenvalue weighted by atomic mass is 32.1. The zero-order valence-electron chi connectivity index (χ0n) is 21.6. The predicted octanol–water partition coefficient (Wildman–Crippen LogP) is 10.8. The highest BCUT2D eigenvalue weighted by molar-refractivity contribution is 8.36. The Balaban J connectivity index is 1.56. The molecule has 6 atom stereocenters. The van der Waals surface area contributed by atoms with Gasteiger partial charge in [0.1, 0.15) is 0 Å². The van der Waals surface area contributed by atoms with Gasteiger partial charge >= 0.3 is 0 Å². The van der Waals surface area contributed by atoms with E-state index in [0.717, 1.165) is 17.8 Å². The quantitative estimate of drug-likeness (QED) is 0.183. The molecule has 1 saturated carbocycles. The molecule has 1 aromatic rings. The zero-order chi connectivity index (χ0) is 23.1. The van der Waals surface area contributed by atoms with Crippen molar-refractivity contribution in [1.82, 2.24) is 0 Å². The van der Waals surface area contributed by atoms with E-state index in [-0.39, 0.29) is 15.2 Å². The third kappa shape index (κ3) is 5.10. The topological polar surface area (TPSA) is 0 Å². The minimum Gasteiger partial charge on any atom is -0.0801 e. The van der Waals surface area contributed by atoms with E-state index in [9.17, 15) is 0 Å². The van der Waals surface area contributed by atoms with Crippen LogP contribution in [-0.2, 0) is 0 Å². The normalized spacial score (nSPS) is 32.2. The van der Waals surface area contributed by atoms with Crippen molar-refractivity contribution in [2.24, 2.45) is 11.8 Å². The van der Waals surface area contributed by atoms with Gasteiger partial charge in [-0.1, -0.05) is 142 Å². The largest absolute Gasteiger partial charge is 0.0801 e. The summed E-state index contributed by atoms with van der Waals surface area (Å²) in [6.45, 7) is 7.22. The molecule has 1 spiro atoms. The van der Waals surface area contributed by atoms with Gasteiger partial charge in [0, 0.05) is 5.16 Å². The van der Waals surface area contributed by atoms with E-state index in [4.69, 9.17) is 0 Å². The number of benzene rings is 1. The van der Waals surface area contributed by atoms with Crippen molar-refractivity contribution in [2.75, 3.05) is 12.3 Å². The molecule has 1 aliphatic heterocycles. The SMILES string of the molecule is CCCCCCCCC1C(c2ccccc2)CC2C=CC=C3P(CCCCCC)P(CC)C321. The van der Waals surface area contributed by atoms with Gasteiger partial charge in [0.25, 0.3) is 0 Å². The molecule has 1 aromatic carbocycles. The lowest BCUT2D eigenvalue weighted by molar-refractivity contribution is 0.371. The molecule has 33 heavy (non-hydrogen) atoms. The number of hydrogen-bond acceptors (Lipinski definition) is 0. The van der Waals surface area contributed by atoms with E-state index >= 15 is 0 Å². The van der Waals surface area contributed by atoms with E-state index < -0.39 is 0 Å². The van der Waals surface area contributed by atoms with Crippen LogP contribution in [0.5, 0.6) is 0 Å². The number of allylic oxidation sites excluding steroid dienone is 4. The minimum atomic E-state index is 0.157. The summed E-state index contributed by atoms with van der Waals surface area (Å²) in [5.74, 6) is 2.47. The average Bonchev–Trinajstić information content (AvgIpc) is 3.19. The van der Waals surface area contributed by atoms with Crippen LogP contribution in [0, 0.1) is 11.8 Å². The van der Waals surface area contributed by atoms with E-state index in [1.807, 2.05) is 5.31 Å². The lowest BCUT2D eigenvalue weighted by Crippen LogP contribution is -2.47. The Labute approximate surface area is 207 Å². The average molecular weight is 483 g/mol. The third-order valence-corrected chi connectivity index (χ3v) is 18.5. The summed E-state index contributed by atoms with van der Waals surface area (Å²) in [6, 6.07) is 11.7. The molecular weight excluding hydrogens is 434 g/mol. The Bertz CT molecular complexity index is 781. The minimum absolute atomic E-state index is 0.157. The van der Waals surface area contributed by atoms with Crippen LogP contribution >= 0.6 is 15.2 Å². The molecule has 0 amide bonds. The molecule has 1 heterocycles. The highest BCUT2D eigenvalue weighted by Gasteiger charge is 2.67. The van der Waals surface area contributed by atoms with Crippen LogP contribution in [0.25, 0.3) is 0 Å². The third-order valence-electron chi connectivity index (χ3n) is 8.75. The Hall–Kier alpha value is -0.440. The molecule has 0 radical (unpaired) electrons. The zero-order valence-corrected chi connectivity index (χ0v) is 23.4. The molecule has 0 aromatic heterocycles. The molecule has 2 aliphatic carbocycles. The second-order valence-corrected chi connectivity index (χ2v) is 17.5. The monoisotopic (exact) mass is 482 g/mol. The van der Waals surface area contributed by atoms with E-state index in [2.05, 4.69) is 69.3 Å². The first-order valence-corrected chi connectivity index (χ1v) is 18.0. The Morgan fingerprint density at radius 2 is 1.55 bits per heavy atom. The van der Waals surface area contributed by atoms with Crippen molar-refractivity contribution in [3.05, 3.63) is 59.4 Å².